The van der Waals surface area contributed by atoms with Crippen LogP contribution in [0.15, 0.2) is 65.3 Å². The number of nitrogens with zero attached hydrogens (tertiary/aromatic N) is 4. The second kappa shape index (κ2) is 8.87. The van der Waals surface area contributed by atoms with Crippen molar-refractivity contribution in [2.45, 2.75) is 13.0 Å². The summed E-state index contributed by atoms with van der Waals surface area (Å²) in [5.74, 6) is -0.343. The molecule has 0 spiro atoms. The second-order valence-electron chi connectivity index (χ2n) is 6.82. The number of esters is 1. The van der Waals surface area contributed by atoms with Crippen LogP contribution >= 0.6 is 0 Å². The van der Waals surface area contributed by atoms with Crippen molar-refractivity contribution in [1.29, 1.82) is 0 Å². The Morgan fingerprint density at radius 2 is 1.83 bits per heavy atom. The fourth-order valence-electron chi connectivity index (χ4n) is 3.62. The number of pyridine rings is 1. The number of benzene rings is 1. The summed E-state index contributed by atoms with van der Waals surface area (Å²) in [6.45, 7) is 5.22. The van der Waals surface area contributed by atoms with Gasteiger partial charge in [-0.2, -0.15) is 0 Å². The summed E-state index contributed by atoms with van der Waals surface area (Å²) in [4.78, 5) is 25.1. The molecule has 0 saturated carbocycles. The lowest BCUT2D eigenvalue weighted by molar-refractivity contribution is 0.0490. The monoisotopic (exact) mass is 392 g/mol. The second-order valence-corrected chi connectivity index (χ2v) is 6.82. The maximum absolute atomic E-state index is 11.8. The molecule has 3 heterocycles. The number of aromatic nitrogens is 2. The normalized spacial score (nSPS) is 15.8. The third kappa shape index (κ3) is 4.30. The van der Waals surface area contributed by atoms with Crippen LogP contribution in [0.2, 0.25) is 0 Å². The molecule has 7 heteroatoms. The van der Waals surface area contributed by atoms with Gasteiger partial charge in [0.05, 0.1) is 24.5 Å². The van der Waals surface area contributed by atoms with Crippen LogP contribution < -0.4 is 4.90 Å². The number of carbonyl (C=O) groups is 1. The molecule has 0 amide bonds. The summed E-state index contributed by atoms with van der Waals surface area (Å²) in [6.07, 6.45) is 3.27. The Morgan fingerprint density at radius 1 is 1.07 bits per heavy atom. The van der Waals surface area contributed by atoms with E-state index in [1.54, 1.807) is 6.92 Å². The Labute approximate surface area is 169 Å². The lowest BCUT2D eigenvalue weighted by atomic mass is 10.0. The highest BCUT2D eigenvalue weighted by Crippen LogP contribution is 2.29. The number of hydrogen-bond donors (Lipinski definition) is 0. The number of rotatable bonds is 6. The van der Waals surface area contributed by atoms with E-state index in [2.05, 4.69) is 50.1 Å². The average Bonchev–Trinajstić information content (AvgIpc) is 3.27. The van der Waals surface area contributed by atoms with Crippen LogP contribution in [0, 0.1) is 0 Å². The van der Waals surface area contributed by atoms with Crippen LogP contribution in [-0.4, -0.2) is 53.6 Å². The third-order valence-corrected chi connectivity index (χ3v) is 5.00. The lowest BCUT2D eigenvalue weighted by Gasteiger charge is -2.38. The largest absolute Gasteiger partial charge is 0.460 e. The van der Waals surface area contributed by atoms with Gasteiger partial charge in [-0.15, -0.1) is 0 Å². The molecule has 1 fully saturated rings. The van der Waals surface area contributed by atoms with E-state index in [-0.39, 0.29) is 11.8 Å². The molecular weight excluding hydrogens is 368 g/mol. The van der Waals surface area contributed by atoms with Crippen molar-refractivity contribution in [3.63, 3.8) is 0 Å². The Kier molecular flexibility index (Phi) is 5.86. The van der Waals surface area contributed by atoms with Crippen LogP contribution in [0.5, 0.6) is 0 Å². The van der Waals surface area contributed by atoms with Crippen molar-refractivity contribution in [2.24, 2.45) is 0 Å². The zero-order valence-electron chi connectivity index (χ0n) is 16.4. The molecule has 1 saturated heterocycles. The van der Waals surface area contributed by atoms with E-state index in [0.29, 0.717) is 12.6 Å². The van der Waals surface area contributed by atoms with Crippen LogP contribution in [0.25, 0.3) is 0 Å². The van der Waals surface area contributed by atoms with Crippen molar-refractivity contribution in [1.82, 2.24) is 14.9 Å². The molecule has 4 rings (SSSR count). The summed E-state index contributed by atoms with van der Waals surface area (Å²) < 4.78 is 10.6. The van der Waals surface area contributed by atoms with Gasteiger partial charge in [-0.3, -0.25) is 9.88 Å². The topological polar surface area (TPSA) is 71.7 Å². The average molecular weight is 392 g/mol. The SMILES string of the molecule is CCOC(=O)c1cnc(N2CCN(C(c3ccccc3)c3ccccn3)CC2)o1. The smallest absolute Gasteiger partial charge is 0.376 e. The van der Waals surface area contributed by atoms with E-state index in [9.17, 15) is 4.79 Å². The molecule has 2 aromatic heterocycles. The molecule has 0 aliphatic carbocycles. The minimum absolute atomic E-state index is 0.0965. The fourth-order valence-corrected chi connectivity index (χ4v) is 3.62. The minimum Gasteiger partial charge on any atom is -0.460 e. The molecule has 1 aliphatic heterocycles. The highest BCUT2D eigenvalue weighted by Gasteiger charge is 2.29. The van der Waals surface area contributed by atoms with E-state index >= 15 is 0 Å². The molecule has 29 heavy (non-hydrogen) atoms. The summed E-state index contributed by atoms with van der Waals surface area (Å²) in [6, 6.07) is 17.0. The maximum atomic E-state index is 11.8. The first kappa shape index (κ1) is 19.1. The van der Waals surface area contributed by atoms with Crippen LogP contribution in [-0.2, 0) is 4.74 Å². The molecule has 1 unspecified atom stereocenters. The highest BCUT2D eigenvalue weighted by molar-refractivity contribution is 5.86. The van der Waals surface area contributed by atoms with Gasteiger partial charge in [-0.05, 0) is 24.6 Å². The van der Waals surface area contributed by atoms with Gasteiger partial charge in [0.1, 0.15) is 0 Å². The lowest BCUT2D eigenvalue weighted by Crippen LogP contribution is -2.48. The zero-order chi connectivity index (χ0) is 20.1. The molecule has 7 nitrogen and oxygen atoms in total. The number of hydrogen-bond acceptors (Lipinski definition) is 7. The number of ether oxygens (including phenoxy) is 1. The molecule has 150 valence electrons. The molecule has 0 N–H and O–H groups in total. The van der Waals surface area contributed by atoms with Crippen molar-refractivity contribution in [3.05, 3.63) is 77.9 Å². The Hall–Kier alpha value is -3.19. The molecule has 0 radical (unpaired) electrons. The van der Waals surface area contributed by atoms with Crippen molar-refractivity contribution in [2.75, 3.05) is 37.7 Å². The minimum atomic E-state index is -0.482. The number of carbonyl (C=O) groups excluding carboxylic acids is 1. The number of piperazine rings is 1. The first-order valence-corrected chi connectivity index (χ1v) is 9.84. The van der Waals surface area contributed by atoms with Crippen molar-refractivity contribution >= 4 is 12.0 Å². The van der Waals surface area contributed by atoms with E-state index in [0.717, 1.165) is 31.9 Å². The Balaban J connectivity index is 1.48. The number of anilines is 1. The summed E-state index contributed by atoms with van der Waals surface area (Å²) >= 11 is 0. The predicted molar refractivity (Wildman–Crippen MR) is 109 cm³/mol. The van der Waals surface area contributed by atoms with E-state index < -0.39 is 5.97 Å². The van der Waals surface area contributed by atoms with Crippen molar-refractivity contribution in [3.8, 4) is 0 Å². The van der Waals surface area contributed by atoms with E-state index in [1.807, 2.05) is 24.4 Å². The van der Waals surface area contributed by atoms with Crippen LogP contribution in [0.3, 0.4) is 0 Å². The highest BCUT2D eigenvalue weighted by atomic mass is 16.5. The van der Waals surface area contributed by atoms with Crippen LogP contribution in [0.1, 0.15) is 34.8 Å². The van der Waals surface area contributed by atoms with Gasteiger partial charge in [-0.1, -0.05) is 36.4 Å². The van der Waals surface area contributed by atoms with Crippen LogP contribution in [0.4, 0.5) is 6.01 Å². The summed E-state index contributed by atoms with van der Waals surface area (Å²) in [5, 5.41) is 0. The van der Waals surface area contributed by atoms with E-state index in [1.165, 1.54) is 11.8 Å². The quantitative estimate of drug-likeness (QED) is 0.597. The number of oxazole rings is 1. The third-order valence-electron chi connectivity index (χ3n) is 5.00. The van der Waals surface area contributed by atoms with Crippen molar-refractivity contribution < 1.29 is 13.9 Å². The Bertz CT molecular complexity index is 882. The maximum Gasteiger partial charge on any atom is 0.376 e. The summed E-state index contributed by atoms with van der Waals surface area (Å²) in [5.41, 5.74) is 2.26. The Morgan fingerprint density at radius 3 is 2.52 bits per heavy atom. The fraction of sp³-hybridized carbons (Fsp3) is 0.318. The van der Waals surface area contributed by atoms with Gasteiger partial charge in [0.25, 0.3) is 6.01 Å². The first-order valence-electron chi connectivity index (χ1n) is 9.84. The first-order chi connectivity index (χ1) is 14.3. The summed E-state index contributed by atoms with van der Waals surface area (Å²) in [7, 11) is 0. The van der Waals surface area contributed by atoms with Gasteiger partial charge < -0.3 is 14.1 Å². The van der Waals surface area contributed by atoms with E-state index in [4.69, 9.17) is 9.15 Å². The zero-order valence-corrected chi connectivity index (χ0v) is 16.4. The van der Waals surface area contributed by atoms with Gasteiger partial charge in [-0.25, -0.2) is 9.78 Å². The molecule has 1 atom stereocenters. The molecule has 0 bridgehead atoms. The predicted octanol–water partition coefficient (Wildman–Crippen LogP) is 3.16. The molecule has 1 aliphatic rings. The van der Waals surface area contributed by atoms with Gasteiger partial charge in [0.2, 0.25) is 5.76 Å². The standard InChI is InChI=1S/C22H24N4O3/c1-2-28-21(27)19-16-24-22(29-19)26-14-12-25(13-15-26)20(17-8-4-3-5-9-17)18-10-6-7-11-23-18/h3-11,16,20H,2,12-15H2,1H3. The molecule has 1 aromatic carbocycles. The van der Waals surface area contributed by atoms with Gasteiger partial charge in [0.15, 0.2) is 0 Å². The molecular formula is C22H24N4O3. The van der Waals surface area contributed by atoms with Gasteiger partial charge in [0, 0.05) is 32.4 Å². The molecule has 3 aromatic rings. The van der Waals surface area contributed by atoms with Gasteiger partial charge >= 0.3 is 5.97 Å².